The van der Waals surface area contributed by atoms with Gasteiger partial charge >= 0.3 is 0 Å². The molecule has 2 aromatic rings. The first-order valence-electron chi connectivity index (χ1n) is 7.00. The zero-order valence-corrected chi connectivity index (χ0v) is 12.4. The van der Waals surface area contributed by atoms with E-state index in [-0.39, 0.29) is 0 Å². The fourth-order valence-electron chi connectivity index (χ4n) is 2.32. The predicted octanol–water partition coefficient (Wildman–Crippen LogP) is 2.78. The molecule has 2 rings (SSSR count). The lowest BCUT2D eigenvalue weighted by molar-refractivity contribution is 0.594. The lowest BCUT2D eigenvalue weighted by Crippen LogP contribution is -2.24. The average Bonchev–Trinajstić information content (AvgIpc) is 2.48. The van der Waals surface area contributed by atoms with Crippen LogP contribution in [0.15, 0.2) is 42.9 Å². The van der Waals surface area contributed by atoms with Crippen molar-refractivity contribution in [3.05, 3.63) is 54.0 Å². The first kappa shape index (κ1) is 14.5. The minimum absolute atomic E-state index is 0.295. The first-order chi connectivity index (χ1) is 9.72. The SMILES string of the molecule is CCNC(C)c1cccnc1N(C)Cc1ccncc1. The summed E-state index contributed by atoms with van der Waals surface area (Å²) in [6.45, 7) is 6.06. The second-order valence-corrected chi connectivity index (χ2v) is 4.91. The van der Waals surface area contributed by atoms with Crippen molar-refractivity contribution in [2.24, 2.45) is 0 Å². The minimum Gasteiger partial charge on any atom is -0.355 e. The van der Waals surface area contributed by atoms with Gasteiger partial charge in [0.1, 0.15) is 5.82 Å². The van der Waals surface area contributed by atoms with E-state index in [2.05, 4.69) is 47.1 Å². The smallest absolute Gasteiger partial charge is 0.133 e. The van der Waals surface area contributed by atoms with E-state index in [9.17, 15) is 0 Å². The van der Waals surface area contributed by atoms with Gasteiger partial charge in [-0.2, -0.15) is 0 Å². The van der Waals surface area contributed by atoms with Crippen LogP contribution in [-0.4, -0.2) is 23.6 Å². The third-order valence-corrected chi connectivity index (χ3v) is 3.32. The van der Waals surface area contributed by atoms with Gasteiger partial charge in [0.15, 0.2) is 0 Å². The summed E-state index contributed by atoms with van der Waals surface area (Å²) in [6.07, 6.45) is 5.49. The Kier molecular flexibility index (Phi) is 5.07. The molecule has 1 N–H and O–H groups in total. The zero-order chi connectivity index (χ0) is 14.4. The number of aromatic nitrogens is 2. The number of hydrogen-bond acceptors (Lipinski definition) is 4. The summed E-state index contributed by atoms with van der Waals surface area (Å²) in [5.74, 6) is 1.03. The molecular weight excluding hydrogens is 248 g/mol. The normalized spacial score (nSPS) is 12.2. The van der Waals surface area contributed by atoms with Crippen LogP contribution in [0, 0.1) is 0 Å². The number of anilines is 1. The van der Waals surface area contributed by atoms with Crippen LogP contribution in [0.2, 0.25) is 0 Å². The second-order valence-electron chi connectivity index (χ2n) is 4.91. The lowest BCUT2D eigenvalue weighted by Gasteiger charge is -2.24. The highest BCUT2D eigenvalue weighted by Gasteiger charge is 2.13. The summed E-state index contributed by atoms with van der Waals surface area (Å²) in [6, 6.07) is 8.49. The monoisotopic (exact) mass is 270 g/mol. The van der Waals surface area contributed by atoms with Crippen LogP contribution < -0.4 is 10.2 Å². The summed E-state index contributed by atoms with van der Waals surface area (Å²) < 4.78 is 0. The topological polar surface area (TPSA) is 41.1 Å². The van der Waals surface area contributed by atoms with Crippen LogP contribution in [0.4, 0.5) is 5.82 Å². The van der Waals surface area contributed by atoms with Crippen LogP contribution in [0.1, 0.15) is 31.0 Å². The third kappa shape index (κ3) is 3.54. The van der Waals surface area contributed by atoms with Gasteiger partial charge in [-0.25, -0.2) is 4.98 Å². The molecule has 4 nitrogen and oxygen atoms in total. The maximum atomic E-state index is 4.55. The molecular formula is C16H22N4. The summed E-state index contributed by atoms with van der Waals surface area (Å²) in [4.78, 5) is 10.8. The van der Waals surface area contributed by atoms with E-state index in [1.165, 1.54) is 11.1 Å². The molecule has 0 spiro atoms. The molecule has 0 saturated heterocycles. The highest BCUT2D eigenvalue weighted by atomic mass is 15.2. The van der Waals surface area contributed by atoms with Gasteiger partial charge in [-0.3, -0.25) is 4.98 Å². The first-order valence-corrected chi connectivity index (χ1v) is 7.00. The Morgan fingerprint density at radius 3 is 2.65 bits per heavy atom. The van der Waals surface area contributed by atoms with Gasteiger partial charge in [-0.15, -0.1) is 0 Å². The Labute approximate surface area is 120 Å². The molecule has 20 heavy (non-hydrogen) atoms. The number of hydrogen-bond donors (Lipinski definition) is 1. The van der Waals surface area contributed by atoms with Gasteiger partial charge in [-0.05, 0) is 37.2 Å². The Bertz CT molecular complexity index is 527. The van der Waals surface area contributed by atoms with Gasteiger partial charge < -0.3 is 10.2 Å². The van der Waals surface area contributed by atoms with Gasteiger partial charge in [0.25, 0.3) is 0 Å². The van der Waals surface area contributed by atoms with E-state index in [0.717, 1.165) is 18.9 Å². The molecule has 0 aliphatic rings. The van der Waals surface area contributed by atoms with Crippen molar-refractivity contribution in [2.75, 3.05) is 18.5 Å². The fraction of sp³-hybridized carbons (Fsp3) is 0.375. The van der Waals surface area contributed by atoms with Crippen LogP contribution in [-0.2, 0) is 6.54 Å². The molecule has 106 valence electrons. The highest BCUT2D eigenvalue weighted by Crippen LogP contribution is 2.23. The largest absolute Gasteiger partial charge is 0.355 e. The van der Waals surface area contributed by atoms with E-state index in [1.54, 1.807) is 0 Å². The van der Waals surface area contributed by atoms with Gasteiger partial charge in [0.2, 0.25) is 0 Å². The molecule has 0 bridgehead atoms. The quantitative estimate of drug-likeness (QED) is 0.876. The molecule has 0 aromatic carbocycles. The molecule has 2 aromatic heterocycles. The molecule has 0 aliphatic heterocycles. The maximum absolute atomic E-state index is 4.55. The average molecular weight is 270 g/mol. The number of pyridine rings is 2. The Hall–Kier alpha value is -1.94. The molecule has 0 radical (unpaired) electrons. The van der Waals surface area contributed by atoms with Crippen molar-refractivity contribution >= 4 is 5.82 Å². The van der Waals surface area contributed by atoms with E-state index in [4.69, 9.17) is 0 Å². The van der Waals surface area contributed by atoms with Crippen LogP contribution in [0.25, 0.3) is 0 Å². The minimum atomic E-state index is 0.295. The Morgan fingerprint density at radius 2 is 1.95 bits per heavy atom. The summed E-state index contributed by atoms with van der Waals surface area (Å²) in [5, 5.41) is 3.44. The summed E-state index contributed by atoms with van der Waals surface area (Å²) >= 11 is 0. The molecule has 4 heteroatoms. The number of rotatable bonds is 6. The Morgan fingerprint density at radius 1 is 1.20 bits per heavy atom. The standard InChI is InChI=1S/C16H22N4/c1-4-18-13(2)15-6-5-9-19-16(15)20(3)12-14-7-10-17-11-8-14/h5-11,13,18H,4,12H2,1-3H3. The highest BCUT2D eigenvalue weighted by molar-refractivity contribution is 5.48. The fourth-order valence-corrected chi connectivity index (χ4v) is 2.32. The van der Waals surface area contributed by atoms with Crippen molar-refractivity contribution in [3.63, 3.8) is 0 Å². The number of nitrogens with one attached hydrogen (secondary N) is 1. The Balaban J connectivity index is 2.19. The molecule has 1 unspecified atom stereocenters. The van der Waals surface area contributed by atoms with E-state index < -0.39 is 0 Å². The van der Waals surface area contributed by atoms with Gasteiger partial charge in [0.05, 0.1) is 0 Å². The van der Waals surface area contributed by atoms with E-state index in [0.29, 0.717) is 6.04 Å². The summed E-state index contributed by atoms with van der Waals surface area (Å²) in [7, 11) is 2.07. The molecule has 0 aliphatic carbocycles. The number of nitrogens with zero attached hydrogens (tertiary/aromatic N) is 3. The van der Waals surface area contributed by atoms with Crippen molar-refractivity contribution < 1.29 is 0 Å². The van der Waals surface area contributed by atoms with Crippen molar-refractivity contribution in [1.82, 2.24) is 15.3 Å². The van der Waals surface area contributed by atoms with Crippen molar-refractivity contribution in [3.8, 4) is 0 Å². The third-order valence-electron chi connectivity index (χ3n) is 3.32. The van der Waals surface area contributed by atoms with E-state index >= 15 is 0 Å². The van der Waals surface area contributed by atoms with Gasteiger partial charge in [-0.1, -0.05) is 13.0 Å². The molecule has 1 atom stereocenters. The predicted molar refractivity (Wildman–Crippen MR) is 82.7 cm³/mol. The maximum Gasteiger partial charge on any atom is 0.133 e. The molecule has 0 fully saturated rings. The van der Waals surface area contributed by atoms with Crippen molar-refractivity contribution in [1.29, 1.82) is 0 Å². The molecule has 2 heterocycles. The lowest BCUT2D eigenvalue weighted by atomic mass is 10.1. The van der Waals surface area contributed by atoms with Gasteiger partial charge in [0, 0.05) is 43.8 Å². The molecule has 0 amide bonds. The zero-order valence-electron chi connectivity index (χ0n) is 12.4. The van der Waals surface area contributed by atoms with Crippen LogP contribution in [0.3, 0.4) is 0 Å². The summed E-state index contributed by atoms with van der Waals surface area (Å²) in [5.41, 5.74) is 2.46. The van der Waals surface area contributed by atoms with E-state index in [1.807, 2.05) is 36.8 Å². The van der Waals surface area contributed by atoms with Crippen molar-refractivity contribution in [2.45, 2.75) is 26.4 Å². The second kappa shape index (κ2) is 7.01. The molecule has 0 saturated carbocycles. The van der Waals surface area contributed by atoms with Crippen LogP contribution >= 0.6 is 0 Å². The van der Waals surface area contributed by atoms with Crippen LogP contribution in [0.5, 0.6) is 0 Å².